The van der Waals surface area contributed by atoms with Crippen LogP contribution >= 0.6 is 0 Å². The lowest BCUT2D eigenvalue weighted by Gasteiger charge is -2.09. The smallest absolute Gasteiger partial charge is 0.251 e. The van der Waals surface area contributed by atoms with Gasteiger partial charge in [-0.2, -0.15) is 0 Å². The van der Waals surface area contributed by atoms with Crippen molar-refractivity contribution in [2.75, 3.05) is 26.8 Å². The Morgan fingerprint density at radius 3 is 2.65 bits per heavy atom. The van der Waals surface area contributed by atoms with Crippen molar-refractivity contribution >= 4 is 11.8 Å². The fourth-order valence-corrected chi connectivity index (χ4v) is 1.86. The number of rotatable bonds is 10. The summed E-state index contributed by atoms with van der Waals surface area (Å²) in [5.74, 6) is 0.321. The summed E-state index contributed by atoms with van der Waals surface area (Å²) in [5.41, 5.74) is 0.510. The highest BCUT2D eigenvalue weighted by molar-refractivity contribution is 5.94. The van der Waals surface area contributed by atoms with Crippen molar-refractivity contribution in [2.45, 2.75) is 32.8 Å². The summed E-state index contributed by atoms with van der Waals surface area (Å²) in [6.45, 7) is 5.46. The first-order valence-electron chi connectivity index (χ1n) is 7.83. The van der Waals surface area contributed by atoms with Crippen molar-refractivity contribution in [1.29, 1.82) is 0 Å². The minimum atomic E-state index is -0.220. The molecule has 6 nitrogen and oxygen atoms in total. The molecule has 0 aliphatic rings. The quantitative estimate of drug-likeness (QED) is 0.643. The molecule has 2 N–H and O–H groups in total. The third-order valence-corrected chi connectivity index (χ3v) is 3.06. The largest absolute Gasteiger partial charge is 0.497 e. The number of methoxy groups -OCH3 is 1. The second-order valence-corrected chi connectivity index (χ2v) is 5.36. The molecule has 0 radical (unpaired) electrons. The van der Waals surface area contributed by atoms with Gasteiger partial charge in [0, 0.05) is 31.7 Å². The summed E-state index contributed by atoms with van der Waals surface area (Å²) in [6.07, 6.45) is 1.23. The first kappa shape index (κ1) is 19.0. The molecule has 0 heterocycles. The number of carbonyl (C=O) groups is 2. The number of ether oxygens (including phenoxy) is 2. The number of benzene rings is 1. The Bertz CT molecular complexity index is 503. The first-order valence-corrected chi connectivity index (χ1v) is 7.83. The molecule has 0 saturated carbocycles. The molecule has 1 aromatic carbocycles. The van der Waals surface area contributed by atoms with Crippen molar-refractivity contribution in [3.63, 3.8) is 0 Å². The van der Waals surface area contributed by atoms with Crippen molar-refractivity contribution in [1.82, 2.24) is 10.6 Å². The Hall–Kier alpha value is -2.08. The monoisotopic (exact) mass is 322 g/mol. The van der Waals surface area contributed by atoms with Crippen LogP contribution in [0.2, 0.25) is 0 Å². The van der Waals surface area contributed by atoms with Gasteiger partial charge in [0.2, 0.25) is 5.91 Å². The Morgan fingerprint density at radius 2 is 1.96 bits per heavy atom. The molecular weight excluding hydrogens is 296 g/mol. The van der Waals surface area contributed by atoms with Gasteiger partial charge < -0.3 is 20.1 Å². The van der Waals surface area contributed by atoms with Crippen LogP contribution in [0.4, 0.5) is 0 Å². The average molecular weight is 322 g/mol. The zero-order valence-electron chi connectivity index (χ0n) is 14.1. The van der Waals surface area contributed by atoms with Crippen molar-refractivity contribution in [2.24, 2.45) is 0 Å². The normalized spacial score (nSPS) is 10.4. The predicted octanol–water partition coefficient (Wildman–Crippen LogP) is 1.75. The van der Waals surface area contributed by atoms with Crippen molar-refractivity contribution < 1.29 is 19.1 Å². The minimum absolute atomic E-state index is 0.0829. The Morgan fingerprint density at radius 1 is 1.17 bits per heavy atom. The molecule has 6 heteroatoms. The van der Waals surface area contributed by atoms with Gasteiger partial charge in [0.15, 0.2) is 0 Å². The van der Waals surface area contributed by atoms with E-state index in [1.54, 1.807) is 31.4 Å². The van der Waals surface area contributed by atoms with Crippen molar-refractivity contribution in [3.8, 4) is 5.75 Å². The summed E-state index contributed by atoms with van der Waals surface area (Å²) < 4.78 is 10.5. The molecule has 2 amide bonds. The molecule has 0 atom stereocenters. The highest BCUT2D eigenvalue weighted by Gasteiger charge is 2.07. The second kappa shape index (κ2) is 10.6. The van der Waals surface area contributed by atoms with Crippen LogP contribution in [0, 0.1) is 0 Å². The molecule has 0 spiro atoms. The lowest BCUT2D eigenvalue weighted by molar-refractivity contribution is -0.121. The lowest BCUT2D eigenvalue weighted by Crippen LogP contribution is -2.31. The van der Waals surface area contributed by atoms with E-state index in [2.05, 4.69) is 10.6 Å². The number of carbonyl (C=O) groups excluding carboxylic acids is 2. The number of amides is 2. The predicted molar refractivity (Wildman–Crippen MR) is 88.7 cm³/mol. The fourth-order valence-electron chi connectivity index (χ4n) is 1.86. The molecule has 0 saturated heterocycles. The van der Waals surface area contributed by atoms with Gasteiger partial charge in [0.1, 0.15) is 5.75 Å². The molecule has 1 aromatic rings. The number of hydrogen-bond acceptors (Lipinski definition) is 4. The maximum absolute atomic E-state index is 11.9. The molecule has 0 fully saturated rings. The van der Waals surface area contributed by atoms with Crippen LogP contribution in [0.1, 0.15) is 37.0 Å². The van der Waals surface area contributed by atoms with E-state index >= 15 is 0 Å². The van der Waals surface area contributed by atoms with Gasteiger partial charge in [-0.1, -0.05) is 6.07 Å². The second-order valence-electron chi connectivity index (χ2n) is 5.36. The molecule has 0 aromatic heterocycles. The summed E-state index contributed by atoms with van der Waals surface area (Å²) in [7, 11) is 1.55. The van der Waals surface area contributed by atoms with Crippen molar-refractivity contribution in [3.05, 3.63) is 29.8 Å². The molecule has 1 rings (SSSR count). The maximum atomic E-state index is 11.9. The van der Waals surface area contributed by atoms with Gasteiger partial charge in [-0.3, -0.25) is 9.59 Å². The fraction of sp³-hybridized carbons (Fsp3) is 0.529. The summed E-state index contributed by atoms with van der Waals surface area (Å²) in [6, 6.07) is 6.88. The molecule has 0 bridgehead atoms. The van der Waals surface area contributed by atoms with Gasteiger partial charge >= 0.3 is 0 Å². The first-order chi connectivity index (χ1) is 11.0. The molecular formula is C17H26N2O4. The van der Waals surface area contributed by atoms with Crippen LogP contribution in [-0.4, -0.2) is 44.7 Å². The van der Waals surface area contributed by atoms with Gasteiger partial charge in [-0.05, 0) is 38.5 Å². The standard InChI is InChI=1S/C17H26N2O4/c1-13(2)23-11-5-9-18-16(20)8-10-19-17(21)14-6-4-7-15(12-14)22-3/h4,6-7,12-13H,5,8-11H2,1-3H3,(H,18,20)(H,19,21). The average Bonchev–Trinajstić information content (AvgIpc) is 2.54. The maximum Gasteiger partial charge on any atom is 0.251 e. The summed E-state index contributed by atoms with van der Waals surface area (Å²) in [5, 5.41) is 5.52. The highest BCUT2D eigenvalue weighted by Crippen LogP contribution is 2.12. The summed E-state index contributed by atoms with van der Waals surface area (Å²) >= 11 is 0. The SMILES string of the molecule is COc1cccc(C(=O)NCCC(=O)NCCCOC(C)C)c1. The molecule has 128 valence electrons. The van der Waals surface area contributed by atoms with Gasteiger partial charge in [-0.15, -0.1) is 0 Å². The number of hydrogen-bond donors (Lipinski definition) is 2. The van der Waals surface area contributed by atoms with E-state index in [0.29, 0.717) is 31.0 Å². The molecule has 0 aliphatic carbocycles. The van der Waals surface area contributed by atoms with Crippen LogP contribution in [0.15, 0.2) is 24.3 Å². The van der Waals surface area contributed by atoms with E-state index in [-0.39, 0.29) is 24.3 Å². The highest BCUT2D eigenvalue weighted by atomic mass is 16.5. The lowest BCUT2D eigenvalue weighted by atomic mass is 10.2. The van der Waals surface area contributed by atoms with E-state index in [1.165, 1.54) is 0 Å². The van der Waals surface area contributed by atoms with Crippen LogP contribution in [0.25, 0.3) is 0 Å². The third-order valence-electron chi connectivity index (χ3n) is 3.06. The number of nitrogens with one attached hydrogen (secondary N) is 2. The van der Waals surface area contributed by atoms with Crippen LogP contribution < -0.4 is 15.4 Å². The van der Waals surface area contributed by atoms with E-state index in [1.807, 2.05) is 13.8 Å². The summed E-state index contributed by atoms with van der Waals surface area (Å²) in [4.78, 5) is 23.6. The van der Waals surface area contributed by atoms with Gasteiger partial charge in [0.05, 0.1) is 13.2 Å². The van der Waals surface area contributed by atoms with E-state index in [0.717, 1.165) is 6.42 Å². The molecule has 0 unspecified atom stereocenters. The topological polar surface area (TPSA) is 76.7 Å². The van der Waals surface area contributed by atoms with E-state index < -0.39 is 0 Å². The third kappa shape index (κ3) is 8.21. The van der Waals surface area contributed by atoms with Crippen LogP contribution in [0.3, 0.4) is 0 Å². The van der Waals surface area contributed by atoms with Crippen LogP contribution in [0.5, 0.6) is 5.75 Å². The Labute approximate surface area is 137 Å². The Kier molecular flexibility index (Phi) is 8.75. The van der Waals surface area contributed by atoms with Gasteiger partial charge in [0.25, 0.3) is 5.91 Å². The minimum Gasteiger partial charge on any atom is -0.497 e. The molecule has 23 heavy (non-hydrogen) atoms. The zero-order valence-corrected chi connectivity index (χ0v) is 14.1. The van der Waals surface area contributed by atoms with E-state index in [9.17, 15) is 9.59 Å². The molecule has 0 aliphatic heterocycles. The van der Waals surface area contributed by atoms with Gasteiger partial charge in [-0.25, -0.2) is 0 Å². The Balaban J connectivity index is 2.17. The van der Waals surface area contributed by atoms with Crippen LogP contribution in [-0.2, 0) is 9.53 Å². The zero-order chi connectivity index (χ0) is 17.1. The van der Waals surface area contributed by atoms with E-state index in [4.69, 9.17) is 9.47 Å².